The molecule has 2 atom stereocenters. The first-order valence-electron chi connectivity index (χ1n) is 5.01. The lowest BCUT2D eigenvalue weighted by atomic mass is 9.89. The van der Waals surface area contributed by atoms with Gasteiger partial charge in [-0.25, -0.2) is 0 Å². The van der Waals surface area contributed by atoms with Crippen LogP contribution in [0.3, 0.4) is 0 Å². The molecule has 3 nitrogen and oxygen atoms in total. The van der Waals surface area contributed by atoms with Crippen molar-refractivity contribution < 1.29 is 14.6 Å². The van der Waals surface area contributed by atoms with E-state index in [2.05, 4.69) is 0 Å². The molecule has 2 unspecified atom stereocenters. The standard InChI is InChI=1S/C10H18O3/c1-13-9-7-5-3-2-4-6-8(9)10(11)12/h8-9H,2-7H2,1H3,(H,11,12). The van der Waals surface area contributed by atoms with E-state index in [1.165, 1.54) is 12.8 Å². The second-order valence-electron chi connectivity index (χ2n) is 3.71. The lowest BCUT2D eigenvalue weighted by molar-refractivity contribution is -0.147. The number of hydrogen-bond acceptors (Lipinski definition) is 2. The summed E-state index contributed by atoms with van der Waals surface area (Å²) in [5.41, 5.74) is 0. The Balaban J connectivity index is 2.55. The molecule has 0 bridgehead atoms. The summed E-state index contributed by atoms with van der Waals surface area (Å²) < 4.78 is 5.22. The fourth-order valence-corrected chi connectivity index (χ4v) is 2.02. The van der Waals surface area contributed by atoms with E-state index in [1.54, 1.807) is 7.11 Å². The van der Waals surface area contributed by atoms with E-state index in [1.807, 2.05) is 0 Å². The second kappa shape index (κ2) is 5.22. The number of carboxylic acids is 1. The normalized spacial score (nSPS) is 30.5. The maximum Gasteiger partial charge on any atom is 0.309 e. The van der Waals surface area contributed by atoms with Crippen LogP contribution >= 0.6 is 0 Å². The first-order valence-corrected chi connectivity index (χ1v) is 5.01. The molecule has 0 amide bonds. The molecule has 13 heavy (non-hydrogen) atoms. The van der Waals surface area contributed by atoms with Gasteiger partial charge in [0.05, 0.1) is 12.0 Å². The van der Waals surface area contributed by atoms with Crippen molar-refractivity contribution in [2.45, 2.75) is 44.6 Å². The highest BCUT2D eigenvalue weighted by atomic mass is 16.5. The highest BCUT2D eigenvalue weighted by Gasteiger charge is 2.28. The molecule has 0 heterocycles. The molecule has 0 aromatic heterocycles. The van der Waals surface area contributed by atoms with Crippen LogP contribution in [0.4, 0.5) is 0 Å². The second-order valence-corrected chi connectivity index (χ2v) is 3.71. The fraction of sp³-hybridized carbons (Fsp3) is 0.900. The molecule has 0 spiro atoms. The highest BCUT2D eigenvalue weighted by molar-refractivity contribution is 5.70. The molecule has 1 aliphatic carbocycles. The third kappa shape index (κ3) is 2.99. The average molecular weight is 186 g/mol. The van der Waals surface area contributed by atoms with Gasteiger partial charge in [0, 0.05) is 7.11 Å². The van der Waals surface area contributed by atoms with Gasteiger partial charge in [0.15, 0.2) is 0 Å². The number of carboxylic acid groups (broad SMARTS) is 1. The zero-order chi connectivity index (χ0) is 9.68. The predicted molar refractivity (Wildman–Crippen MR) is 49.6 cm³/mol. The number of aliphatic carboxylic acids is 1. The van der Waals surface area contributed by atoms with Gasteiger partial charge in [0.2, 0.25) is 0 Å². The Morgan fingerprint density at radius 3 is 2.38 bits per heavy atom. The summed E-state index contributed by atoms with van der Waals surface area (Å²) in [5.74, 6) is -0.987. The van der Waals surface area contributed by atoms with Crippen LogP contribution in [0.2, 0.25) is 0 Å². The summed E-state index contributed by atoms with van der Waals surface area (Å²) in [6.07, 6.45) is 6.10. The van der Waals surface area contributed by atoms with Gasteiger partial charge in [-0.3, -0.25) is 4.79 Å². The van der Waals surface area contributed by atoms with Crippen molar-refractivity contribution in [3.05, 3.63) is 0 Å². The number of rotatable bonds is 2. The zero-order valence-electron chi connectivity index (χ0n) is 8.16. The summed E-state index contributed by atoms with van der Waals surface area (Å²) in [4.78, 5) is 10.9. The monoisotopic (exact) mass is 186 g/mol. The minimum absolute atomic E-state index is 0.0715. The van der Waals surface area contributed by atoms with Gasteiger partial charge in [-0.1, -0.05) is 25.7 Å². The van der Waals surface area contributed by atoms with Crippen molar-refractivity contribution in [3.8, 4) is 0 Å². The third-order valence-corrected chi connectivity index (χ3v) is 2.82. The van der Waals surface area contributed by atoms with Gasteiger partial charge in [-0.2, -0.15) is 0 Å². The first kappa shape index (κ1) is 10.5. The number of methoxy groups -OCH3 is 1. The Morgan fingerprint density at radius 2 is 1.85 bits per heavy atom. The van der Waals surface area contributed by atoms with Crippen molar-refractivity contribution in [2.24, 2.45) is 5.92 Å². The van der Waals surface area contributed by atoms with Crippen LogP contribution in [0, 0.1) is 5.92 Å². The molecular formula is C10H18O3. The summed E-state index contributed by atoms with van der Waals surface area (Å²) >= 11 is 0. The fourth-order valence-electron chi connectivity index (χ4n) is 2.02. The third-order valence-electron chi connectivity index (χ3n) is 2.82. The Kier molecular flexibility index (Phi) is 4.22. The molecule has 1 rings (SSSR count). The zero-order valence-corrected chi connectivity index (χ0v) is 8.16. The van der Waals surface area contributed by atoms with E-state index in [0.717, 1.165) is 25.7 Å². The molecule has 1 saturated carbocycles. The molecule has 1 N–H and O–H groups in total. The molecular weight excluding hydrogens is 168 g/mol. The van der Waals surface area contributed by atoms with Crippen LogP contribution in [0.1, 0.15) is 38.5 Å². The summed E-state index contributed by atoms with van der Waals surface area (Å²) in [5, 5.41) is 8.98. The van der Waals surface area contributed by atoms with Crippen LogP contribution in [-0.4, -0.2) is 24.3 Å². The SMILES string of the molecule is COC1CCCCCCC1C(=O)O. The Labute approximate surface area is 79.1 Å². The van der Waals surface area contributed by atoms with E-state index in [4.69, 9.17) is 9.84 Å². The van der Waals surface area contributed by atoms with Gasteiger partial charge in [0.25, 0.3) is 0 Å². The number of carbonyl (C=O) groups is 1. The van der Waals surface area contributed by atoms with Gasteiger partial charge < -0.3 is 9.84 Å². The quantitative estimate of drug-likeness (QED) is 0.718. The van der Waals surface area contributed by atoms with Crippen molar-refractivity contribution >= 4 is 5.97 Å². The topological polar surface area (TPSA) is 46.5 Å². The molecule has 76 valence electrons. The lowest BCUT2D eigenvalue weighted by Gasteiger charge is -2.24. The Bertz CT molecular complexity index is 168. The van der Waals surface area contributed by atoms with Gasteiger partial charge in [0.1, 0.15) is 0 Å². The van der Waals surface area contributed by atoms with E-state index >= 15 is 0 Å². The van der Waals surface area contributed by atoms with Gasteiger partial charge >= 0.3 is 5.97 Å². The molecule has 0 aromatic rings. The van der Waals surface area contributed by atoms with E-state index in [-0.39, 0.29) is 12.0 Å². The van der Waals surface area contributed by atoms with Crippen molar-refractivity contribution in [1.82, 2.24) is 0 Å². The van der Waals surface area contributed by atoms with Crippen molar-refractivity contribution in [3.63, 3.8) is 0 Å². The van der Waals surface area contributed by atoms with Gasteiger partial charge in [-0.15, -0.1) is 0 Å². The van der Waals surface area contributed by atoms with Crippen LogP contribution < -0.4 is 0 Å². The maximum atomic E-state index is 10.9. The highest BCUT2D eigenvalue weighted by Crippen LogP contribution is 2.24. The molecule has 3 heteroatoms. The van der Waals surface area contributed by atoms with E-state index in [0.29, 0.717) is 0 Å². The smallest absolute Gasteiger partial charge is 0.309 e. The Hall–Kier alpha value is -0.570. The largest absolute Gasteiger partial charge is 0.481 e. The predicted octanol–water partition coefficient (Wildman–Crippen LogP) is 2.06. The number of hydrogen-bond donors (Lipinski definition) is 1. The van der Waals surface area contributed by atoms with E-state index < -0.39 is 5.97 Å². The van der Waals surface area contributed by atoms with E-state index in [9.17, 15) is 4.79 Å². The Morgan fingerprint density at radius 1 is 1.23 bits per heavy atom. The molecule has 0 saturated heterocycles. The minimum atomic E-state index is -0.700. The molecule has 0 aliphatic heterocycles. The maximum absolute atomic E-state index is 10.9. The first-order chi connectivity index (χ1) is 6.25. The van der Waals surface area contributed by atoms with Crippen LogP contribution in [0.5, 0.6) is 0 Å². The molecule has 1 aliphatic rings. The van der Waals surface area contributed by atoms with Crippen LogP contribution in [-0.2, 0) is 9.53 Å². The molecule has 0 aromatic carbocycles. The van der Waals surface area contributed by atoms with Gasteiger partial charge in [-0.05, 0) is 12.8 Å². The summed E-state index contributed by atoms with van der Waals surface area (Å²) in [6, 6.07) is 0. The molecule has 0 radical (unpaired) electrons. The van der Waals surface area contributed by atoms with Crippen molar-refractivity contribution in [1.29, 1.82) is 0 Å². The van der Waals surface area contributed by atoms with Crippen LogP contribution in [0.25, 0.3) is 0 Å². The molecule has 1 fully saturated rings. The number of ether oxygens (including phenoxy) is 1. The summed E-state index contributed by atoms with van der Waals surface area (Å²) in [7, 11) is 1.61. The summed E-state index contributed by atoms with van der Waals surface area (Å²) in [6.45, 7) is 0. The van der Waals surface area contributed by atoms with Crippen LogP contribution in [0.15, 0.2) is 0 Å². The average Bonchev–Trinajstić information content (AvgIpc) is 2.03. The minimum Gasteiger partial charge on any atom is -0.481 e. The van der Waals surface area contributed by atoms with Crippen molar-refractivity contribution in [2.75, 3.05) is 7.11 Å². The lowest BCUT2D eigenvalue weighted by Crippen LogP contribution is -2.30.